The highest BCUT2D eigenvalue weighted by Crippen LogP contribution is 2.35. The van der Waals surface area contributed by atoms with Gasteiger partial charge in [0.15, 0.2) is 0 Å². The summed E-state index contributed by atoms with van der Waals surface area (Å²) in [6, 6.07) is 4.04. The second kappa shape index (κ2) is 5.57. The van der Waals surface area contributed by atoms with Gasteiger partial charge in [0, 0.05) is 17.0 Å². The molecule has 0 N–H and O–H groups in total. The molecule has 0 fully saturated rings. The Morgan fingerprint density at radius 3 is 2.87 bits per heavy atom. The third-order valence-corrected chi connectivity index (χ3v) is 5.68. The molecular formula is C18H19N3OS. The minimum atomic E-state index is 0.0313. The fraction of sp³-hybridized carbons (Fsp3) is 0.389. The minimum Gasteiger partial charge on any atom is -0.299 e. The molecule has 0 unspecified atom stereocenters. The number of nitrogens with zero attached hydrogens (tertiary/aromatic N) is 3. The number of hydrogen-bond donors (Lipinski definition) is 0. The van der Waals surface area contributed by atoms with Crippen molar-refractivity contribution in [3.63, 3.8) is 0 Å². The quantitative estimate of drug-likeness (QED) is 0.721. The zero-order valence-corrected chi connectivity index (χ0v) is 14.2. The van der Waals surface area contributed by atoms with E-state index in [2.05, 4.69) is 11.1 Å². The normalized spacial score (nSPS) is 14.2. The zero-order valence-electron chi connectivity index (χ0n) is 13.4. The van der Waals surface area contributed by atoms with Gasteiger partial charge in [0.25, 0.3) is 5.56 Å². The predicted molar refractivity (Wildman–Crippen MR) is 94.2 cm³/mol. The maximum absolute atomic E-state index is 12.6. The van der Waals surface area contributed by atoms with E-state index in [1.54, 1.807) is 22.2 Å². The second-order valence-corrected chi connectivity index (χ2v) is 7.22. The maximum Gasteiger partial charge on any atom is 0.261 e. The van der Waals surface area contributed by atoms with Crippen molar-refractivity contribution < 1.29 is 0 Å². The van der Waals surface area contributed by atoms with Crippen LogP contribution in [0.4, 0.5) is 0 Å². The van der Waals surface area contributed by atoms with E-state index in [4.69, 9.17) is 4.98 Å². The molecule has 23 heavy (non-hydrogen) atoms. The van der Waals surface area contributed by atoms with Crippen LogP contribution in [0.3, 0.4) is 0 Å². The van der Waals surface area contributed by atoms with Gasteiger partial charge in [-0.2, -0.15) is 0 Å². The van der Waals surface area contributed by atoms with E-state index in [9.17, 15) is 4.79 Å². The Balaban J connectivity index is 1.98. The first-order valence-electron chi connectivity index (χ1n) is 8.16. The molecular weight excluding hydrogens is 306 g/mol. The summed E-state index contributed by atoms with van der Waals surface area (Å²) in [5.74, 6) is 0. The number of benzene rings is 1. The van der Waals surface area contributed by atoms with Gasteiger partial charge in [-0.3, -0.25) is 9.36 Å². The third-order valence-electron chi connectivity index (χ3n) is 4.49. The maximum atomic E-state index is 12.6. The molecule has 0 saturated heterocycles. The lowest BCUT2D eigenvalue weighted by atomic mass is 10.0. The minimum absolute atomic E-state index is 0.0313. The molecule has 0 saturated carbocycles. The van der Waals surface area contributed by atoms with Crippen LogP contribution in [0.25, 0.3) is 21.5 Å². The highest BCUT2D eigenvalue weighted by molar-refractivity contribution is 7.15. The van der Waals surface area contributed by atoms with Gasteiger partial charge in [-0.05, 0) is 57.2 Å². The van der Waals surface area contributed by atoms with E-state index in [-0.39, 0.29) is 5.56 Å². The van der Waals surface area contributed by atoms with Crippen molar-refractivity contribution in [2.45, 2.75) is 46.1 Å². The average molecular weight is 325 g/mol. The van der Waals surface area contributed by atoms with Crippen LogP contribution in [0.2, 0.25) is 0 Å². The monoisotopic (exact) mass is 325 g/mol. The van der Waals surface area contributed by atoms with E-state index in [0.717, 1.165) is 34.5 Å². The Morgan fingerprint density at radius 2 is 2.09 bits per heavy atom. The van der Waals surface area contributed by atoms with Crippen molar-refractivity contribution in [3.8, 4) is 10.6 Å². The van der Waals surface area contributed by atoms with Gasteiger partial charge >= 0.3 is 0 Å². The largest absolute Gasteiger partial charge is 0.299 e. The number of aromatic nitrogens is 3. The molecule has 0 spiro atoms. The Labute approximate surface area is 138 Å². The molecule has 5 heteroatoms. The Kier molecular flexibility index (Phi) is 3.53. The summed E-state index contributed by atoms with van der Waals surface area (Å²) in [7, 11) is 0. The molecule has 0 atom stereocenters. The molecule has 4 nitrogen and oxygen atoms in total. The number of hydrogen-bond acceptors (Lipinski definition) is 4. The van der Waals surface area contributed by atoms with Crippen molar-refractivity contribution in [2.24, 2.45) is 0 Å². The smallest absolute Gasteiger partial charge is 0.261 e. The fourth-order valence-corrected chi connectivity index (χ4v) is 4.44. The van der Waals surface area contributed by atoms with Crippen LogP contribution in [-0.2, 0) is 19.4 Å². The summed E-state index contributed by atoms with van der Waals surface area (Å²) >= 11 is 1.77. The van der Waals surface area contributed by atoms with Gasteiger partial charge in [-0.15, -0.1) is 11.3 Å². The number of rotatable bonds is 2. The molecule has 2 aromatic heterocycles. The third kappa shape index (κ3) is 2.39. The molecule has 0 radical (unpaired) electrons. The molecule has 4 rings (SSSR count). The van der Waals surface area contributed by atoms with Crippen molar-refractivity contribution in [1.29, 1.82) is 0 Å². The van der Waals surface area contributed by atoms with Crippen LogP contribution >= 0.6 is 11.3 Å². The van der Waals surface area contributed by atoms with Crippen LogP contribution in [0.5, 0.6) is 0 Å². The van der Waals surface area contributed by atoms with Crippen LogP contribution in [0, 0.1) is 6.92 Å². The number of aryl methyl sites for hydroxylation is 4. The van der Waals surface area contributed by atoms with Gasteiger partial charge in [0.2, 0.25) is 0 Å². The summed E-state index contributed by atoms with van der Waals surface area (Å²) in [5.41, 5.74) is 4.13. The second-order valence-electron chi connectivity index (χ2n) is 6.14. The van der Waals surface area contributed by atoms with Crippen molar-refractivity contribution >= 4 is 22.2 Å². The van der Waals surface area contributed by atoms with Gasteiger partial charge in [-0.25, -0.2) is 9.97 Å². The molecule has 2 heterocycles. The van der Waals surface area contributed by atoms with E-state index in [1.807, 2.05) is 19.9 Å². The van der Waals surface area contributed by atoms with E-state index in [1.165, 1.54) is 23.4 Å². The summed E-state index contributed by atoms with van der Waals surface area (Å²) in [6.07, 6.45) is 6.34. The summed E-state index contributed by atoms with van der Waals surface area (Å²) in [5, 5.41) is 1.70. The van der Waals surface area contributed by atoms with Crippen LogP contribution in [0.15, 0.2) is 23.3 Å². The highest BCUT2D eigenvalue weighted by Gasteiger charge is 2.19. The molecule has 0 aliphatic heterocycles. The molecule has 1 aliphatic carbocycles. The van der Waals surface area contributed by atoms with Crippen LogP contribution < -0.4 is 5.56 Å². The SMILES string of the molecule is CCn1cnc2c(-c3nc4c(s3)CCCC4)cc(C)cc2c1=O. The molecule has 3 aromatic rings. The van der Waals surface area contributed by atoms with Crippen molar-refractivity contribution in [2.75, 3.05) is 0 Å². The fourth-order valence-electron chi connectivity index (χ4n) is 3.27. The predicted octanol–water partition coefficient (Wildman–Crippen LogP) is 3.73. The van der Waals surface area contributed by atoms with E-state index >= 15 is 0 Å². The Hall–Kier alpha value is -2.01. The summed E-state index contributed by atoms with van der Waals surface area (Å²) in [6.45, 7) is 4.62. The van der Waals surface area contributed by atoms with Crippen LogP contribution in [-0.4, -0.2) is 14.5 Å². The summed E-state index contributed by atoms with van der Waals surface area (Å²) in [4.78, 5) is 23.4. The molecule has 1 aliphatic rings. The lowest BCUT2D eigenvalue weighted by Crippen LogP contribution is -2.19. The molecule has 0 amide bonds. The lowest BCUT2D eigenvalue weighted by Gasteiger charge is -2.07. The first-order chi connectivity index (χ1) is 11.2. The molecule has 1 aromatic carbocycles. The van der Waals surface area contributed by atoms with E-state index in [0.29, 0.717) is 11.9 Å². The Morgan fingerprint density at radius 1 is 1.26 bits per heavy atom. The van der Waals surface area contributed by atoms with Crippen LogP contribution in [0.1, 0.15) is 35.9 Å². The van der Waals surface area contributed by atoms with E-state index < -0.39 is 0 Å². The number of thiazole rings is 1. The van der Waals surface area contributed by atoms with Gasteiger partial charge in [0.05, 0.1) is 22.9 Å². The van der Waals surface area contributed by atoms with Gasteiger partial charge < -0.3 is 0 Å². The topological polar surface area (TPSA) is 47.8 Å². The lowest BCUT2D eigenvalue weighted by molar-refractivity contribution is 0.682. The number of fused-ring (bicyclic) bond motifs is 2. The molecule has 0 bridgehead atoms. The first-order valence-corrected chi connectivity index (χ1v) is 8.97. The average Bonchev–Trinajstić information content (AvgIpc) is 2.99. The Bertz CT molecular complexity index is 931. The highest BCUT2D eigenvalue weighted by atomic mass is 32.1. The van der Waals surface area contributed by atoms with Gasteiger partial charge in [0.1, 0.15) is 5.01 Å². The zero-order chi connectivity index (χ0) is 16.0. The first kappa shape index (κ1) is 14.6. The van der Waals surface area contributed by atoms with Crippen molar-refractivity contribution in [3.05, 3.63) is 44.9 Å². The standard InChI is InChI=1S/C18H19N3OS/c1-3-21-10-19-16-12(8-11(2)9-13(16)18(21)22)17-20-14-6-4-5-7-15(14)23-17/h8-10H,3-7H2,1-2H3. The van der Waals surface area contributed by atoms with Crippen molar-refractivity contribution in [1.82, 2.24) is 14.5 Å². The summed E-state index contributed by atoms with van der Waals surface area (Å²) < 4.78 is 1.65. The van der Waals surface area contributed by atoms with Gasteiger partial charge in [-0.1, -0.05) is 0 Å². The molecule has 118 valence electrons.